The smallest absolute Gasteiger partial charge is 0.251 e. The summed E-state index contributed by atoms with van der Waals surface area (Å²) < 4.78 is 5.77. The molecule has 0 aliphatic carbocycles. The van der Waals surface area contributed by atoms with Gasteiger partial charge in [-0.2, -0.15) is 0 Å². The standard InChI is InChI=1S/C26H37N3O3/c1-4-6-7-8-9-17-32-24-15-13-22(14-16-24)27-19-25(30)29-23-12-10-11-21(18-23)26(31)28-20(3)5-2/h10-16,18,20,27H,4-9,17,19H2,1-3H3,(H,28,31)(H,29,30). The Morgan fingerprint density at radius 1 is 0.938 bits per heavy atom. The van der Waals surface area contributed by atoms with Gasteiger partial charge >= 0.3 is 0 Å². The molecule has 2 amide bonds. The molecule has 0 saturated heterocycles. The highest BCUT2D eigenvalue weighted by Crippen LogP contribution is 2.16. The molecule has 3 N–H and O–H groups in total. The van der Waals surface area contributed by atoms with E-state index in [1.54, 1.807) is 24.3 Å². The summed E-state index contributed by atoms with van der Waals surface area (Å²) in [6.07, 6.45) is 6.93. The number of carbonyl (C=O) groups is 2. The molecule has 0 radical (unpaired) electrons. The molecule has 2 rings (SSSR count). The number of anilines is 2. The predicted octanol–water partition coefficient (Wildman–Crippen LogP) is 5.61. The molecule has 2 aromatic carbocycles. The maximum atomic E-state index is 12.3. The van der Waals surface area contributed by atoms with Crippen molar-refractivity contribution in [3.63, 3.8) is 0 Å². The molecule has 1 unspecified atom stereocenters. The maximum absolute atomic E-state index is 12.3. The van der Waals surface area contributed by atoms with Gasteiger partial charge in [0.15, 0.2) is 0 Å². The van der Waals surface area contributed by atoms with Gasteiger partial charge in [-0.25, -0.2) is 0 Å². The Morgan fingerprint density at radius 2 is 1.69 bits per heavy atom. The largest absolute Gasteiger partial charge is 0.494 e. The Hall–Kier alpha value is -3.02. The van der Waals surface area contributed by atoms with Gasteiger partial charge in [0.05, 0.1) is 13.2 Å². The Bertz CT molecular complexity index is 836. The fourth-order valence-corrected chi connectivity index (χ4v) is 3.10. The first kappa shape index (κ1) is 25.2. The lowest BCUT2D eigenvalue weighted by atomic mass is 10.1. The number of rotatable bonds is 14. The van der Waals surface area contributed by atoms with Crippen LogP contribution in [0.3, 0.4) is 0 Å². The Kier molecular flexibility index (Phi) is 11.1. The van der Waals surface area contributed by atoms with E-state index in [0.717, 1.165) is 30.9 Å². The van der Waals surface area contributed by atoms with Crippen LogP contribution in [0.5, 0.6) is 5.75 Å². The Balaban J connectivity index is 1.75. The molecule has 32 heavy (non-hydrogen) atoms. The van der Waals surface area contributed by atoms with Crippen LogP contribution < -0.4 is 20.7 Å². The van der Waals surface area contributed by atoms with Crippen molar-refractivity contribution < 1.29 is 14.3 Å². The highest BCUT2D eigenvalue weighted by Gasteiger charge is 2.10. The summed E-state index contributed by atoms with van der Waals surface area (Å²) >= 11 is 0. The van der Waals surface area contributed by atoms with Crippen molar-refractivity contribution in [3.05, 3.63) is 54.1 Å². The summed E-state index contributed by atoms with van der Waals surface area (Å²) in [7, 11) is 0. The van der Waals surface area contributed by atoms with Crippen LogP contribution in [-0.2, 0) is 4.79 Å². The zero-order valence-electron chi connectivity index (χ0n) is 19.6. The lowest BCUT2D eigenvalue weighted by Gasteiger charge is -2.13. The second kappa shape index (κ2) is 14.1. The monoisotopic (exact) mass is 439 g/mol. The fraction of sp³-hybridized carbons (Fsp3) is 0.462. The van der Waals surface area contributed by atoms with Crippen molar-refractivity contribution in [1.29, 1.82) is 0 Å². The minimum Gasteiger partial charge on any atom is -0.494 e. The fourth-order valence-electron chi connectivity index (χ4n) is 3.10. The van der Waals surface area contributed by atoms with Crippen LogP contribution >= 0.6 is 0 Å². The predicted molar refractivity (Wildman–Crippen MR) is 131 cm³/mol. The molecular formula is C26H37N3O3. The van der Waals surface area contributed by atoms with E-state index in [2.05, 4.69) is 22.9 Å². The molecule has 0 aliphatic heterocycles. The van der Waals surface area contributed by atoms with E-state index in [-0.39, 0.29) is 24.4 Å². The first-order valence-corrected chi connectivity index (χ1v) is 11.7. The second-order valence-electron chi connectivity index (χ2n) is 8.05. The van der Waals surface area contributed by atoms with Gasteiger partial charge in [0.1, 0.15) is 5.75 Å². The third kappa shape index (κ3) is 9.41. The quantitative estimate of drug-likeness (QED) is 0.334. The van der Waals surface area contributed by atoms with Gasteiger partial charge < -0.3 is 20.7 Å². The SMILES string of the molecule is CCCCCCCOc1ccc(NCC(=O)Nc2cccc(C(=O)NC(C)CC)c2)cc1. The third-order valence-corrected chi connectivity index (χ3v) is 5.22. The molecule has 2 aromatic rings. The average molecular weight is 440 g/mol. The summed E-state index contributed by atoms with van der Waals surface area (Å²) in [4.78, 5) is 24.6. The summed E-state index contributed by atoms with van der Waals surface area (Å²) in [5.74, 6) is 0.511. The normalized spacial score (nSPS) is 11.5. The molecule has 0 bridgehead atoms. The summed E-state index contributed by atoms with van der Waals surface area (Å²) in [5, 5.41) is 8.86. The molecule has 0 heterocycles. The first-order chi connectivity index (χ1) is 15.5. The number of hydrogen-bond donors (Lipinski definition) is 3. The van der Waals surface area contributed by atoms with Crippen LogP contribution in [-0.4, -0.2) is 31.0 Å². The van der Waals surface area contributed by atoms with Gasteiger partial charge in [0.2, 0.25) is 5.91 Å². The minimum atomic E-state index is -0.183. The van der Waals surface area contributed by atoms with Crippen LogP contribution in [0.25, 0.3) is 0 Å². The van der Waals surface area contributed by atoms with Crippen LogP contribution in [0.2, 0.25) is 0 Å². The molecule has 6 heteroatoms. The van der Waals surface area contributed by atoms with Crippen LogP contribution in [0.1, 0.15) is 69.7 Å². The number of amides is 2. The third-order valence-electron chi connectivity index (χ3n) is 5.22. The molecule has 0 fully saturated rings. The highest BCUT2D eigenvalue weighted by molar-refractivity contribution is 5.98. The molecule has 0 saturated carbocycles. The van der Waals surface area contributed by atoms with Crippen LogP contribution in [0.4, 0.5) is 11.4 Å². The summed E-state index contributed by atoms with van der Waals surface area (Å²) in [6.45, 7) is 7.05. The number of hydrogen-bond acceptors (Lipinski definition) is 4. The zero-order chi connectivity index (χ0) is 23.2. The molecule has 174 valence electrons. The maximum Gasteiger partial charge on any atom is 0.251 e. The van der Waals surface area contributed by atoms with Crippen molar-refractivity contribution in [2.75, 3.05) is 23.8 Å². The van der Waals surface area contributed by atoms with Crippen LogP contribution in [0.15, 0.2) is 48.5 Å². The van der Waals surface area contributed by atoms with Crippen LogP contribution in [0, 0.1) is 0 Å². The topological polar surface area (TPSA) is 79.5 Å². The number of unbranched alkanes of at least 4 members (excludes halogenated alkanes) is 4. The van der Waals surface area contributed by atoms with E-state index in [9.17, 15) is 9.59 Å². The number of benzene rings is 2. The summed E-state index contributed by atoms with van der Waals surface area (Å²) in [5.41, 5.74) is 1.96. The van der Waals surface area contributed by atoms with E-state index in [1.165, 1.54) is 25.7 Å². The summed E-state index contributed by atoms with van der Waals surface area (Å²) in [6, 6.07) is 14.7. The van der Waals surface area contributed by atoms with Crippen molar-refractivity contribution >= 4 is 23.2 Å². The van der Waals surface area contributed by atoms with Crippen molar-refractivity contribution in [2.24, 2.45) is 0 Å². The molecule has 0 aromatic heterocycles. The van der Waals surface area contributed by atoms with E-state index < -0.39 is 0 Å². The zero-order valence-corrected chi connectivity index (χ0v) is 19.6. The average Bonchev–Trinajstić information content (AvgIpc) is 2.80. The van der Waals surface area contributed by atoms with E-state index in [0.29, 0.717) is 11.3 Å². The van der Waals surface area contributed by atoms with E-state index in [1.807, 2.05) is 38.1 Å². The molecule has 0 spiro atoms. The van der Waals surface area contributed by atoms with Crippen molar-refractivity contribution in [3.8, 4) is 5.75 Å². The van der Waals surface area contributed by atoms with Gasteiger partial charge in [-0.05, 0) is 62.2 Å². The molecule has 6 nitrogen and oxygen atoms in total. The number of ether oxygens (including phenoxy) is 1. The van der Waals surface area contributed by atoms with Crippen molar-refractivity contribution in [1.82, 2.24) is 5.32 Å². The van der Waals surface area contributed by atoms with Crippen molar-refractivity contribution in [2.45, 2.75) is 65.3 Å². The number of carbonyl (C=O) groups excluding carboxylic acids is 2. The lowest BCUT2D eigenvalue weighted by molar-refractivity contribution is -0.114. The van der Waals surface area contributed by atoms with E-state index in [4.69, 9.17) is 4.74 Å². The minimum absolute atomic E-state index is 0.104. The molecule has 0 aliphatic rings. The molecule has 1 atom stereocenters. The van der Waals surface area contributed by atoms with Gasteiger partial charge in [-0.15, -0.1) is 0 Å². The second-order valence-corrected chi connectivity index (χ2v) is 8.05. The van der Waals surface area contributed by atoms with Gasteiger partial charge in [0, 0.05) is 23.0 Å². The number of nitrogens with one attached hydrogen (secondary N) is 3. The van der Waals surface area contributed by atoms with Gasteiger partial charge in [-0.1, -0.05) is 45.6 Å². The Morgan fingerprint density at radius 3 is 2.41 bits per heavy atom. The molecular weight excluding hydrogens is 402 g/mol. The Labute approximate surface area is 192 Å². The van der Waals surface area contributed by atoms with E-state index >= 15 is 0 Å². The highest BCUT2D eigenvalue weighted by atomic mass is 16.5. The lowest BCUT2D eigenvalue weighted by Crippen LogP contribution is -2.32. The van der Waals surface area contributed by atoms with Gasteiger partial charge in [0.25, 0.3) is 5.91 Å². The first-order valence-electron chi connectivity index (χ1n) is 11.7. The van der Waals surface area contributed by atoms with Gasteiger partial charge in [-0.3, -0.25) is 9.59 Å².